The summed E-state index contributed by atoms with van der Waals surface area (Å²) in [7, 11) is -4.17. The Morgan fingerprint density at radius 1 is 1.18 bits per heavy atom. The van der Waals surface area contributed by atoms with E-state index in [9.17, 15) is 18.9 Å². The maximum atomic E-state index is 12.2. The van der Waals surface area contributed by atoms with Crippen molar-refractivity contribution in [3.8, 4) is 11.8 Å². The van der Waals surface area contributed by atoms with E-state index in [4.69, 9.17) is 9.79 Å². The Bertz CT molecular complexity index is 1220. The number of fused-ring (bicyclic) bond motifs is 1. The lowest BCUT2D eigenvalue weighted by atomic mass is 10.1. The molecule has 5 N–H and O–H groups in total. The molecule has 2 amide bonds. The van der Waals surface area contributed by atoms with Crippen LogP contribution in [0.2, 0.25) is 0 Å². The summed E-state index contributed by atoms with van der Waals surface area (Å²) in [6, 6.07) is 4.50. The summed E-state index contributed by atoms with van der Waals surface area (Å²) < 4.78 is 12.2. The molecule has 0 unspecified atom stereocenters. The second-order valence-corrected chi connectivity index (χ2v) is 9.09. The SMILES string of the molecule is CCCCCCNC(=O)NCC#Cc1ccc2c(c1)c(=O)[nH]c(=O)n2CC=CCP(=O)(O)O. The van der Waals surface area contributed by atoms with E-state index in [1.807, 2.05) is 0 Å². The van der Waals surface area contributed by atoms with Crippen LogP contribution in [-0.2, 0) is 11.1 Å². The van der Waals surface area contributed by atoms with Gasteiger partial charge in [0.2, 0.25) is 0 Å². The van der Waals surface area contributed by atoms with Crippen LogP contribution in [0.25, 0.3) is 10.9 Å². The van der Waals surface area contributed by atoms with Crippen molar-refractivity contribution in [3.05, 3.63) is 56.8 Å². The Balaban J connectivity index is 2.04. The molecule has 2 rings (SSSR count). The Kier molecular flexibility index (Phi) is 10.1. The zero-order chi connectivity index (χ0) is 24.3. The van der Waals surface area contributed by atoms with Crippen LogP contribution >= 0.6 is 7.60 Å². The molecule has 2 aromatic rings. The van der Waals surface area contributed by atoms with Gasteiger partial charge < -0.3 is 20.4 Å². The van der Waals surface area contributed by atoms with Gasteiger partial charge in [-0.25, -0.2) is 9.59 Å². The second-order valence-electron chi connectivity index (χ2n) is 7.39. The molecule has 0 bridgehead atoms. The summed E-state index contributed by atoms with van der Waals surface area (Å²) in [5.41, 5.74) is -0.278. The number of allylic oxidation sites excluding steroid dienone is 2. The lowest BCUT2D eigenvalue weighted by molar-refractivity contribution is 0.242. The first-order valence-electron chi connectivity index (χ1n) is 10.7. The molecule has 10 nitrogen and oxygen atoms in total. The van der Waals surface area contributed by atoms with Gasteiger partial charge in [0, 0.05) is 18.7 Å². The maximum Gasteiger partial charge on any atom is 0.329 e. The highest BCUT2D eigenvalue weighted by Crippen LogP contribution is 2.33. The van der Waals surface area contributed by atoms with E-state index in [2.05, 4.69) is 34.4 Å². The monoisotopic (exact) mass is 476 g/mol. The first kappa shape index (κ1) is 26.1. The zero-order valence-corrected chi connectivity index (χ0v) is 19.4. The summed E-state index contributed by atoms with van der Waals surface area (Å²) in [6.07, 6.45) is 6.60. The van der Waals surface area contributed by atoms with E-state index in [0.717, 1.165) is 25.7 Å². The first-order chi connectivity index (χ1) is 15.7. The number of carbonyl (C=O) groups excluding carboxylic acids is 1. The molecule has 1 heterocycles. The quantitative estimate of drug-likeness (QED) is 0.152. The molecule has 0 saturated heterocycles. The van der Waals surface area contributed by atoms with Crippen LogP contribution in [0.4, 0.5) is 4.79 Å². The summed E-state index contributed by atoms with van der Waals surface area (Å²) in [6.45, 7) is 2.91. The van der Waals surface area contributed by atoms with Crippen molar-refractivity contribution in [2.75, 3.05) is 19.3 Å². The van der Waals surface area contributed by atoms with Crippen molar-refractivity contribution < 1.29 is 19.1 Å². The average molecular weight is 476 g/mol. The van der Waals surface area contributed by atoms with Crippen LogP contribution in [0.15, 0.2) is 39.9 Å². The van der Waals surface area contributed by atoms with Gasteiger partial charge >= 0.3 is 19.3 Å². The molecule has 0 radical (unpaired) electrons. The highest BCUT2D eigenvalue weighted by atomic mass is 31.2. The zero-order valence-electron chi connectivity index (χ0n) is 18.5. The molecule has 0 saturated carbocycles. The van der Waals surface area contributed by atoms with E-state index >= 15 is 0 Å². The van der Waals surface area contributed by atoms with Gasteiger partial charge in [0.1, 0.15) is 0 Å². The van der Waals surface area contributed by atoms with E-state index in [-0.39, 0.29) is 24.5 Å². The number of rotatable bonds is 10. The van der Waals surface area contributed by atoms with Crippen LogP contribution in [0.3, 0.4) is 0 Å². The number of nitrogens with one attached hydrogen (secondary N) is 3. The van der Waals surface area contributed by atoms with Gasteiger partial charge in [0.25, 0.3) is 5.56 Å². The van der Waals surface area contributed by atoms with Gasteiger partial charge in [-0.05, 0) is 24.6 Å². The molecule has 178 valence electrons. The molecular formula is C22H29N4O6P. The van der Waals surface area contributed by atoms with Crippen LogP contribution in [0.5, 0.6) is 0 Å². The third-order valence-electron chi connectivity index (χ3n) is 4.68. The molecule has 11 heteroatoms. The number of unbranched alkanes of at least 4 members (excludes halogenated alkanes) is 3. The molecule has 33 heavy (non-hydrogen) atoms. The summed E-state index contributed by atoms with van der Waals surface area (Å²) in [4.78, 5) is 56.2. The number of aromatic nitrogens is 2. The van der Waals surface area contributed by atoms with Gasteiger partial charge in [-0.15, -0.1) is 0 Å². The smallest absolute Gasteiger partial charge is 0.329 e. The molecule has 0 aliphatic rings. The van der Waals surface area contributed by atoms with Crippen LogP contribution in [-0.4, -0.2) is 44.6 Å². The van der Waals surface area contributed by atoms with E-state index in [1.54, 1.807) is 18.2 Å². The minimum Gasteiger partial charge on any atom is -0.338 e. The predicted molar refractivity (Wildman–Crippen MR) is 127 cm³/mol. The highest BCUT2D eigenvalue weighted by molar-refractivity contribution is 7.51. The summed E-state index contributed by atoms with van der Waals surface area (Å²) in [5.74, 6) is 5.69. The molecule has 0 aliphatic carbocycles. The van der Waals surface area contributed by atoms with Crippen LogP contribution < -0.4 is 21.9 Å². The van der Waals surface area contributed by atoms with Crippen molar-refractivity contribution in [2.24, 2.45) is 0 Å². The van der Waals surface area contributed by atoms with Gasteiger partial charge in [0.05, 0.1) is 23.6 Å². The van der Waals surface area contributed by atoms with E-state index in [1.165, 1.54) is 16.7 Å². The van der Waals surface area contributed by atoms with Gasteiger partial charge in [-0.1, -0.05) is 50.2 Å². The molecule has 0 atom stereocenters. The number of benzene rings is 1. The van der Waals surface area contributed by atoms with Crippen molar-refractivity contribution >= 4 is 24.5 Å². The number of hydrogen-bond donors (Lipinski definition) is 5. The second kappa shape index (κ2) is 12.8. The van der Waals surface area contributed by atoms with Crippen molar-refractivity contribution in [2.45, 2.75) is 39.2 Å². The van der Waals surface area contributed by atoms with Crippen LogP contribution in [0.1, 0.15) is 38.2 Å². The summed E-state index contributed by atoms with van der Waals surface area (Å²) in [5, 5.41) is 5.67. The van der Waals surface area contributed by atoms with Crippen molar-refractivity contribution in [1.82, 2.24) is 20.2 Å². The maximum absolute atomic E-state index is 12.2. The number of amides is 2. The fourth-order valence-electron chi connectivity index (χ4n) is 3.03. The number of H-pyrrole nitrogens is 1. The average Bonchev–Trinajstić information content (AvgIpc) is 2.75. The minimum absolute atomic E-state index is 0.0363. The van der Waals surface area contributed by atoms with Crippen molar-refractivity contribution in [3.63, 3.8) is 0 Å². The Morgan fingerprint density at radius 3 is 2.70 bits per heavy atom. The molecule has 0 spiro atoms. The number of hydrogen-bond acceptors (Lipinski definition) is 4. The highest BCUT2D eigenvalue weighted by Gasteiger charge is 2.10. The molecule has 1 aromatic carbocycles. The minimum atomic E-state index is -4.17. The standard InChI is InChI=1S/C22H29N4O6P/c1-2-3-4-5-12-23-21(28)24-13-8-9-17-10-11-19-18(16-17)20(27)25-22(29)26(19)14-6-7-15-33(30,31)32/h6-7,10-11,16H,2-5,12-15H2,1H3,(H2,23,24,28)(H,25,27,29)(H2,30,31,32). The van der Waals surface area contributed by atoms with Gasteiger partial charge in [-0.2, -0.15) is 0 Å². The topological polar surface area (TPSA) is 154 Å². The Hall–Kier alpha value is -3.12. The van der Waals surface area contributed by atoms with Gasteiger partial charge in [-0.3, -0.25) is 18.9 Å². The normalized spacial score (nSPS) is 11.4. The fraction of sp³-hybridized carbons (Fsp3) is 0.409. The third kappa shape index (κ3) is 9.10. The van der Waals surface area contributed by atoms with Gasteiger partial charge in [0.15, 0.2) is 0 Å². The fourth-order valence-corrected chi connectivity index (χ4v) is 3.46. The molecule has 0 fully saturated rings. The lowest BCUT2D eigenvalue weighted by Gasteiger charge is -2.07. The summed E-state index contributed by atoms with van der Waals surface area (Å²) >= 11 is 0. The van der Waals surface area contributed by atoms with Crippen LogP contribution in [0, 0.1) is 11.8 Å². The number of carbonyl (C=O) groups is 1. The number of nitrogens with zero attached hydrogens (tertiary/aromatic N) is 1. The molecule has 1 aromatic heterocycles. The van der Waals surface area contributed by atoms with E-state index < -0.39 is 25.0 Å². The molecule has 0 aliphatic heterocycles. The third-order valence-corrected chi connectivity index (χ3v) is 5.37. The predicted octanol–water partition coefficient (Wildman–Crippen LogP) is 1.65. The largest absolute Gasteiger partial charge is 0.338 e. The first-order valence-corrected chi connectivity index (χ1v) is 12.5. The number of urea groups is 1. The number of aromatic amines is 1. The Morgan fingerprint density at radius 2 is 1.97 bits per heavy atom. The Labute approximate surface area is 191 Å². The van der Waals surface area contributed by atoms with E-state index in [0.29, 0.717) is 17.6 Å². The van der Waals surface area contributed by atoms with Crippen molar-refractivity contribution in [1.29, 1.82) is 0 Å². The molecular weight excluding hydrogens is 447 g/mol. The lowest BCUT2D eigenvalue weighted by Crippen LogP contribution is -2.36.